The number of hydrogen-bond donors (Lipinski definition) is 2. The summed E-state index contributed by atoms with van der Waals surface area (Å²) in [5, 5.41) is 12.8. The molecule has 0 aliphatic carbocycles. The second-order valence-corrected chi connectivity index (χ2v) is 5.18. The van der Waals surface area contributed by atoms with Crippen LogP contribution in [0.1, 0.15) is 27.7 Å². The van der Waals surface area contributed by atoms with Gasteiger partial charge in [0.15, 0.2) is 0 Å². The topological polar surface area (TPSA) is 50.7 Å². The molecule has 4 heteroatoms. The highest BCUT2D eigenvalue weighted by Gasteiger charge is 2.16. The summed E-state index contributed by atoms with van der Waals surface area (Å²) in [7, 11) is 1.68. The average molecular weight is 233 g/mol. The largest absolute Gasteiger partial charge is 0.389 e. The van der Waals surface area contributed by atoms with E-state index in [0.717, 1.165) is 0 Å². The first kappa shape index (κ1) is 15.8. The predicted molar refractivity (Wildman–Crippen MR) is 65.6 cm³/mol. The minimum absolute atomic E-state index is 0.196. The lowest BCUT2D eigenvalue weighted by Gasteiger charge is -2.24. The van der Waals surface area contributed by atoms with Crippen LogP contribution in [0.2, 0.25) is 0 Å². The van der Waals surface area contributed by atoms with Crippen molar-refractivity contribution in [2.45, 2.75) is 39.4 Å². The van der Waals surface area contributed by atoms with Crippen molar-refractivity contribution in [1.29, 1.82) is 0 Å². The summed E-state index contributed by atoms with van der Waals surface area (Å²) in [5.74, 6) is 0.507. The zero-order valence-electron chi connectivity index (χ0n) is 11.2. The summed E-state index contributed by atoms with van der Waals surface area (Å²) in [4.78, 5) is 0. The molecule has 98 valence electrons. The first-order valence-corrected chi connectivity index (χ1v) is 5.89. The molecule has 0 aromatic heterocycles. The van der Waals surface area contributed by atoms with Gasteiger partial charge in [0.05, 0.1) is 18.3 Å². The zero-order valence-corrected chi connectivity index (χ0v) is 11.2. The number of rotatable bonds is 9. The van der Waals surface area contributed by atoms with Crippen LogP contribution in [-0.4, -0.2) is 50.2 Å². The van der Waals surface area contributed by atoms with Crippen LogP contribution in [0, 0.1) is 5.92 Å². The maximum atomic E-state index is 9.60. The van der Waals surface area contributed by atoms with Crippen molar-refractivity contribution < 1.29 is 14.6 Å². The van der Waals surface area contributed by atoms with E-state index in [4.69, 9.17) is 9.47 Å². The van der Waals surface area contributed by atoms with Crippen molar-refractivity contribution in [3.05, 3.63) is 0 Å². The molecular formula is C12H27NO3. The Bertz CT molecular complexity index is 172. The van der Waals surface area contributed by atoms with Gasteiger partial charge in [-0.1, -0.05) is 13.8 Å². The summed E-state index contributed by atoms with van der Waals surface area (Å²) in [6, 6.07) is 0. The van der Waals surface area contributed by atoms with E-state index in [1.165, 1.54) is 0 Å². The van der Waals surface area contributed by atoms with Crippen LogP contribution < -0.4 is 5.32 Å². The normalized spacial score (nSPS) is 14.4. The number of methoxy groups -OCH3 is 1. The van der Waals surface area contributed by atoms with Crippen LogP contribution in [0.25, 0.3) is 0 Å². The fraction of sp³-hybridized carbons (Fsp3) is 1.00. The number of ether oxygens (including phenoxy) is 2. The quantitative estimate of drug-likeness (QED) is 0.624. The molecule has 0 heterocycles. The van der Waals surface area contributed by atoms with Crippen LogP contribution in [0.3, 0.4) is 0 Å². The van der Waals surface area contributed by atoms with Gasteiger partial charge in [0.25, 0.3) is 0 Å². The molecular weight excluding hydrogens is 206 g/mol. The Hall–Kier alpha value is -0.160. The maximum absolute atomic E-state index is 9.60. The standard InChI is InChI=1S/C12H27NO3/c1-10(2)7-16-8-11(14)6-13-9-12(3,4)15-5/h10-11,13-14H,6-9H2,1-5H3. The summed E-state index contributed by atoms with van der Waals surface area (Å²) in [5.41, 5.74) is -0.196. The van der Waals surface area contributed by atoms with Crippen LogP contribution in [0.15, 0.2) is 0 Å². The first-order chi connectivity index (χ1) is 7.37. The molecule has 0 fully saturated rings. The van der Waals surface area contributed by atoms with Gasteiger partial charge in [-0.05, 0) is 19.8 Å². The van der Waals surface area contributed by atoms with Gasteiger partial charge in [-0.25, -0.2) is 0 Å². The number of aliphatic hydroxyl groups is 1. The average Bonchev–Trinajstić information content (AvgIpc) is 2.17. The van der Waals surface area contributed by atoms with Crippen molar-refractivity contribution in [3.8, 4) is 0 Å². The molecule has 4 nitrogen and oxygen atoms in total. The molecule has 1 atom stereocenters. The summed E-state index contributed by atoms with van der Waals surface area (Å²) >= 11 is 0. The Kier molecular flexibility index (Phi) is 7.93. The fourth-order valence-corrected chi connectivity index (χ4v) is 1.11. The van der Waals surface area contributed by atoms with Crippen molar-refractivity contribution in [2.75, 3.05) is 33.4 Å². The minimum atomic E-state index is -0.452. The third kappa shape index (κ3) is 9.09. The Labute approximate surface area is 99.3 Å². The number of aliphatic hydroxyl groups excluding tert-OH is 1. The highest BCUT2D eigenvalue weighted by molar-refractivity contribution is 4.72. The van der Waals surface area contributed by atoms with Gasteiger partial charge < -0.3 is 19.9 Å². The Morgan fingerprint density at radius 3 is 2.38 bits per heavy atom. The Morgan fingerprint density at radius 1 is 1.25 bits per heavy atom. The third-order valence-corrected chi connectivity index (χ3v) is 2.24. The summed E-state index contributed by atoms with van der Waals surface area (Å²) in [6.07, 6.45) is -0.452. The minimum Gasteiger partial charge on any atom is -0.389 e. The summed E-state index contributed by atoms with van der Waals surface area (Å²) < 4.78 is 10.6. The van der Waals surface area contributed by atoms with Crippen molar-refractivity contribution in [2.24, 2.45) is 5.92 Å². The van der Waals surface area contributed by atoms with Crippen LogP contribution in [-0.2, 0) is 9.47 Å². The van der Waals surface area contributed by atoms with Crippen molar-refractivity contribution >= 4 is 0 Å². The molecule has 0 aromatic carbocycles. The van der Waals surface area contributed by atoms with Gasteiger partial charge in [0, 0.05) is 26.8 Å². The lowest BCUT2D eigenvalue weighted by molar-refractivity contribution is 0.00852. The second-order valence-electron chi connectivity index (χ2n) is 5.18. The molecule has 0 aliphatic rings. The predicted octanol–water partition coefficient (Wildman–Crippen LogP) is 1.03. The lowest BCUT2D eigenvalue weighted by atomic mass is 10.1. The highest BCUT2D eigenvalue weighted by Crippen LogP contribution is 2.04. The smallest absolute Gasteiger partial charge is 0.0897 e. The molecule has 0 saturated heterocycles. The highest BCUT2D eigenvalue weighted by atomic mass is 16.5. The van der Waals surface area contributed by atoms with E-state index < -0.39 is 6.10 Å². The number of nitrogens with one attached hydrogen (secondary N) is 1. The zero-order chi connectivity index (χ0) is 12.6. The molecule has 1 unspecified atom stereocenters. The lowest BCUT2D eigenvalue weighted by Crippen LogP contribution is -2.41. The van der Waals surface area contributed by atoms with E-state index in [9.17, 15) is 5.11 Å². The molecule has 0 aromatic rings. The molecule has 0 aliphatic heterocycles. The second kappa shape index (κ2) is 8.01. The SMILES string of the molecule is COC(C)(C)CNCC(O)COCC(C)C. The van der Waals surface area contributed by atoms with Gasteiger partial charge in [0.2, 0.25) is 0 Å². The molecule has 2 N–H and O–H groups in total. The first-order valence-electron chi connectivity index (χ1n) is 5.89. The van der Waals surface area contributed by atoms with Crippen molar-refractivity contribution in [3.63, 3.8) is 0 Å². The van der Waals surface area contributed by atoms with Gasteiger partial charge in [-0.15, -0.1) is 0 Å². The maximum Gasteiger partial charge on any atom is 0.0897 e. The molecule has 16 heavy (non-hydrogen) atoms. The molecule has 0 bridgehead atoms. The van der Waals surface area contributed by atoms with Crippen LogP contribution in [0.5, 0.6) is 0 Å². The molecule has 0 spiro atoms. The van der Waals surface area contributed by atoms with Gasteiger partial charge in [-0.2, -0.15) is 0 Å². The Balaban J connectivity index is 3.47. The molecule has 0 saturated carbocycles. The molecule has 0 amide bonds. The van der Waals surface area contributed by atoms with E-state index >= 15 is 0 Å². The molecule has 0 radical (unpaired) electrons. The van der Waals surface area contributed by atoms with E-state index in [-0.39, 0.29) is 5.60 Å². The van der Waals surface area contributed by atoms with E-state index in [0.29, 0.717) is 32.2 Å². The fourth-order valence-electron chi connectivity index (χ4n) is 1.11. The summed E-state index contributed by atoms with van der Waals surface area (Å²) in [6.45, 7) is 10.5. The van der Waals surface area contributed by atoms with Crippen LogP contribution >= 0.6 is 0 Å². The van der Waals surface area contributed by atoms with Crippen LogP contribution in [0.4, 0.5) is 0 Å². The van der Waals surface area contributed by atoms with E-state index in [1.807, 2.05) is 13.8 Å². The van der Waals surface area contributed by atoms with Crippen molar-refractivity contribution in [1.82, 2.24) is 5.32 Å². The van der Waals surface area contributed by atoms with E-state index in [1.54, 1.807) is 7.11 Å². The van der Waals surface area contributed by atoms with Gasteiger partial charge >= 0.3 is 0 Å². The third-order valence-electron chi connectivity index (χ3n) is 2.24. The van der Waals surface area contributed by atoms with E-state index in [2.05, 4.69) is 19.2 Å². The monoisotopic (exact) mass is 233 g/mol. The van der Waals surface area contributed by atoms with Gasteiger partial charge in [0.1, 0.15) is 0 Å². The number of hydrogen-bond acceptors (Lipinski definition) is 4. The molecule has 0 rings (SSSR count). The Morgan fingerprint density at radius 2 is 1.88 bits per heavy atom. The van der Waals surface area contributed by atoms with Gasteiger partial charge in [-0.3, -0.25) is 0 Å².